The number of halogens is 4. The summed E-state index contributed by atoms with van der Waals surface area (Å²) in [5.41, 5.74) is 0.173. The first-order valence-corrected chi connectivity index (χ1v) is 9.25. The van der Waals surface area contributed by atoms with E-state index in [1.54, 1.807) is 0 Å². The summed E-state index contributed by atoms with van der Waals surface area (Å²) in [5.74, 6) is -2.61. The Hall–Kier alpha value is -3.96. The van der Waals surface area contributed by atoms with Crippen molar-refractivity contribution in [2.75, 3.05) is 16.8 Å². The van der Waals surface area contributed by atoms with Crippen LogP contribution in [-0.2, 0) is 4.79 Å². The molecule has 0 bridgehead atoms. The highest BCUT2D eigenvalue weighted by Crippen LogP contribution is 2.33. The maximum Gasteiger partial charge on any atom is 0.573 e. The Bertz CT molecular complexity index is 1150. The third-order valence-corrected chi connectivity index (χ3v) is 4.64. The minimum absolute atomic E-state index is 0.0176. The average molecular weight is 450 g/mol. The molecule has 1 saturated heterocycles. The molecule has 32 heavy (non-hydrogen) atoms. The highest BCUT2D eigenvalue weighted by Gasteiger charge is 2.35. The van der Waals surface area contributed by atoms with Crippen LogP contribution in [0.4, 0.5) is 29.3 Å². The Labute approximate surface area is 177 Å². The highest BCUT2D eigenvalue weighted by molar-refractivity contribution is 6.03. The van der Waals surface area contributed by atoms with Crippen LogP contribution in [0.2, 0.25) is 0 Å². The number of hydrogen-bond acceptors (Lipinski definition) is 6. The lowest BCUT2D eigenvalue weighted by atomic mass is 10.1. The van der Waals surface area contributed by atoms with Crippen molar-refractivity contribution in [1.29, 1.82) is 0 Å². The average Bonchev–Trinajstić information content (AvgIpc) is 3.34. The molecule has 12 heteroatoms. The topological polar surface area (TPSA) is 97.6 Å². The van der Waals surface area contributed by atoms with Gasteiger partial charge in [-0.25, -0.2) is 4.39 Å². The molecule has 1 aliphatic rings. The summed E-state index contributed by atoms with van der Waals surface area (Å²) in [7, 11) is 0. The van der Waals surface area contributed by atoms with Gasteiger partial charge in [-0.15, -0.1) is 18.3 Å². The van der Waals surface area contributed by atoms with E-state index < -0.39 is 29.8 Å². The van der Waals surface area contributed by atoms with Gasteiger partial charge < -0.3 is 14.1 Å². The van der Waals surface area contributed by atoms with Crippen LogP contribution in [0.3, 0.4) is 0 Å². The molecule has 8 nitrogen and oxygen atoms in total. The maximum absolute atomic E-state index is 13.7. The first-order valence-electron chi connectivity index (χ1n) is 9.25. The van der Waals surface area contributed by atoms with Gasteiger partial charge in [-0.05, 0) is 36.4 Å². The van der Waals surface area contributed by atoms with Crippen LogP contribution in [0.15, 0.2) is 52.9 Å². The summed E-state index contributed by atoms with van der Waals surface area (Å²) in [6, 6.07) is 9.97. The second kappa shape index (κ2) is 8.29. The number of amides is 2. The molecule has 2 aromatic carbocycles. The maximum atomic E-state index is 13.7. The van der Waals surface area contributed by atoms with Gasteiger partial charge in [0.05, 0.1) is 11.5 Å². The molecule has 1 unspecified atom stereocenters. The Kier molecular flexibility index (Phi) is 5.51. The molecule has 3 aromatic rings. The van der Waals surface area contributed by atoms with Gasteiger partial charge in [0, 0.05) is 18.7 Å². The molecular formula is C20H14F4N4O4. The van der Waals surface area contributed by atoms with E-state index in [0.717, 1.165) is 18.2 Å². The van der Waals surface area contributed by atoms with E-state index in [4.69, 9.17) is 4.42 Å². The molecule has 1 aromatic heterocycles. The molecule has 2 amide bonds. The van der Waals surface area contributed by atoms with Crippen molar-refractivity contribution in [1.82, 2.24) is 10.2 Å². The summed E-state index contributed by atoms with van der Waals surface area (Å²) in [6.45, 7) is 0.140. The number of carbonyl (C=O) groups is 2. The monoisotopic (exact) mass is 450 g/mol. The predicted molar refractivity (Wildman–Crippen MR) is 101 cm³/mol. The van der Waals surface area contributed by atoms with Crippen LogP contribution in [0.5, 0.6) is 5.75 Å². The van der Waals surface area contributed by atoms with Crippen molar-refractivity contribution in [3.05, 3.63) is 65.8 Å². The zero-order valence-electron chi connectivity index (χ0n) is 16.1. The van der Waals surface area contributed by atoms with E-state index >= 15 is 0 Å². The van der Waals surface area contributed by atoms with Crippen molar-refractivity contribution in [3.63, 3.8) is 0 Å². The van der Waals surface area contributed by atoms with E-state index in [0.29, 0.717) is 5.69 Å². The van der Waals surface area contributed by atoms with Crippen molar-refractivity contribution < 1.29 is 36.3 Å². The fourth-order valence-electron chi connectivity index (χ4n) is 3.21. The van der Waals surface area contributed by atoms with E-state index in [2.05, 4.69) is 20.3 Å². The molecular weight excluding hydrogens is 436 g/mol. The molecule has 0 radical (unpaired) electrons. The molecule has 166 valence electrons. The van der Waals surface area contributed by atoms with Crippen LogP contribution >= 0.6 is 0 Å². The molecule has 1 aliphatic heterocycles. The molecule has 2 heterocycles. The van der Waals surface area contributed by atoms with E-state index in [9.17, 15) is 27.2 Å². The lowest BCUT2D eigenvalue weighted by Crippen LogP contribution is -2.24. The first-order chi connectivity index (χ1) is 15.2. The van der Waals surface area contributed by atoms with Gasteiger partial charge in [-0.1, -0.05) is 17.2 Å². The second-order valence-electron chi connectivity index (χ2n) is 6.83. The van der Waals surface area contributed by atoms with Gasteiger partial charge in [0.1, 0.15) is 11.6 Å². The predicted octanol–water partition coefficient (Wildman–Crippen LogP) is 3.88. The lowest BCUT2D eigenvalue weighted by molar-refractivity contribution is -0.274. The van der Waals surface area contributed by atoms with Crippen LogP contribution in [0.1, 0.15) is 28.6 Å². The second-order valence-corrected chi connectivity index (χ2v) is 6.83. The van der Waals surface area contributed by atoms with Gasteiger partial charge in [0.15, 0.2) is 0 Å². The zero-order valence-corrected chi connectivity index (χ0v) is 16.1. The largest absolute Gasteiger partial charge is 0.573 e. The molecule has 1 N–H and O–H groups in total. The van der Waals surface area contributed by atoms with Gasteiger partial charge in [0.2, 0.25) is 11.8 Å². The standard InChI is InChI=1S/C20H14F4N4O4/c21-15-4-2-1-3-14(15)17(30)25-19-27-26-18(31-19)11-9-16(29)28(10-11)12-5-7-13(8-6-12)32-20(22,23)24/h1-8,11H,9-10H2,(H,25,27,30). The number of alkyl halides is 3. The summed E-state index contributed by atoms with van der Waals surface area (Å²) >= 11 is 0. The first kappa shape index (κ1) is 21.3. The minimum atomic E-state index is -4.81. The van der Waals surface area contributed by atoms with Crippen LogP contribution in [0, 0.1) is 5.82 Å². The van der Waals surface area contributed by atoms with Crippen molar-refractivity contribution in [3.8, 4) is 5.75 Å². The fraction of sp³-hybridized carbons (Fsp3) is 0.200. The molecule has 0 spiro atoms. The van der Waals surface area contributed by atoms with Crippen molar-refractivity contribution in [2.24, 2.45) is 0 Å². The number of hydrogen-bond donors (Lipinski definition) is 1. The minimum Gasteiger partial charge on any atom is -0.407 e. The SMILES string of the molecule is O=C(Nc1nnc(C2CC(=O)N(c3ccc(OC(F)(F)F)cc3)C2)o1)c1ccccc1F. The third-order valence-electron chi connectivity index (χ3n) is 4.64. The van der Waals surface area contributed by atoms with Crippen LogP contribution in [0.25, 0.3) is 0 Å². The number of nitrogens with zero attached hydrogens (tertiary/aromatic N) is 3. The molecule has 1 fully saturated rings. The molecule has 4 rings (SSSR count). The summed E-state index contributed by atoms with van der Waals surface area (Å²) in [4.78, 5) is 25.9. The highest BCUT2D eigenvalue weighted by atomic mass is 19.4. The van der Waals surface area contributed by atoms with Gasteiger partial charge in [0.25, 0.3) is 5.91 Å². The smallest absolute Gasteiger partial charge is 0.407 e. The normalized spacial score (nSPS) is 16.3. The number of rotatable bonds is 5. The Balaban J connectivity index is 1.42. The van der Waals surface area contributed by atoms with Gasteiger partial charge in [-0.2, -0.15) is 0 Å². The van der Waals surface area contributed by atoms with Crippen LogP contribution in [-0.4, -0.2) is 34.9 Å². The van der Waals surface area contributed by atoms with E-state index in [1.807, 2.05) is 0 Å². The van der Waals surface area contributed by atoms with Gasteiger partial charge >= 0.3 is 12.4 Å². The Morgan fingerprint density at radius 1 is 1.12 bits per heavy atom. The van der Waals surface area contributed by atoms with Crippen molar-refractivity contribution >= 4 is 23.5 Å². The summed E-state index contributed by atoms with van der Waals surface area (Å²) in [6.07, 6.45) is -4.79. The van der Waals surface area contributed by atoms with E-state index in [1.165, 1.54) is 35.2 Å². The number of anilines is 2. The quantitative estimate of drug-likeness (QED) is 0.593. The number of nitrogens with one attached hydrogen (secondary N) is 1. The number of ether oxygens (including phenoxy) is 1. The third kappa shape index (κ3) is 4.68. The summed E-state index contributed by atoms with van der Waals surface area (Å²) in [5, 5.41) is 9.83. The van der Waals surface area contributed by atoms with Crippen LogP contribution < -0.4 is 15.0 Å². The van der Waals surface area contributed by atoms with Gasteiger partial charge in [-0.3, -0.25) is 14.9 Å². The molecule has 0 saturated carbocycles. The Morgan fingerprint density at radius 2 is 1.84 bits per heavy atom. The number of benzene rings is 2. The molecule has 1 atom stereocenters. The zero-order chi connectivity index (χ0) is 22.9. The summed E-state index contributed by atoms with van der Waals surface area (Å²) < 4.78 is 59.8. The molecule has 0 aliphatic carbocycles. The van der Waals surface area contributed by atoms with E-state index in [-0.39, 0.29) is 36.3 Å². The lowest BCUT2D eigenvalue weighted by Gasteiger charge is -2.17. The number of aromatic nitrogens is 2. The Morgan fingerprint density at radius 3 is 2.53 bits per heavy atom. The number of carbonyl (C=O) groups excluding carboxylic acids is 2. The van der Waals surface area contributed by atoms with Crippen molar-refractivity contribution in [2.45, 2.75) is 18.7 Å². The fourth-order valence-corrected chi connectivity index (χ4v) is 3.21.